The van der Waals surface area contributed by atoms with Gasteiger partial charge in [0.05, 0.1) is 4.88 Å². The highest BCUT2D eigenvalue weighted by atomic mass is 32.1. The van der Waals surface area contributed by atoms with Crippen LogP contribution < -0.4 is 5.32 Å². The quantitative estimate of drug-likeness (QED) is 0.804. The van der Waals surface area contributed by atoms with Gasteiger partial charge in [-0.3, -0.25) is 9.78 Å². The zero-order valence-corrected chi connectivity index (χ0v) is 11.9. The Labute approximate surface area is 123 Å². The molecule has 0 unspecified atom stereocenters. The molecule has 1 N–H and O–H groups in total. The van der Waals surface area contributed by atoms with Crippen LogP contribution in [0.1, 0.15) is 15.2 Å². The lowest BCUT2D eigenvalue weighted by Crippen LogP contribution is -2.22. The molecule has 0 radical (unpaired) electrons. The van der Waals surface area contributed by atoms with Crippen molar-refractivity contribution < 1.29 is 4.79 Å². The number of aromatic nitrogens is 3. The van der Waals surface area contributed by atoms with E-state index in [1.165, 1.54) is 0 Å². The smallest absolute Gasteiger partial charge is 0.265 e. The van der Waals surface area contributed by atoms with Crippen molar-refractivity contribution >= 4 is 28.8 Å². The van der Waals surface area contributed by atoms with Crippen LogP contribution in [0.5, 0.6) is 0 Å². The van der Waals surface area contributed by atoms with Crippen molar-refractivity contribution in [2.75, 3.05) is 0 Å². The fourth-order valence-electron chi connectivity index (χ4n) is 1.68. The fraction of sp³-hybridized carbons (Fsp3) is 0.0769. The molecule has 100 valence electrons. The normalized spacial score (nSPS) is 10.4. The molecule has 0 aliphatic carbocycles. The summed E-state index contributed by atoms with van der Waals surface area (Å²) in [6, 6.07) is 7.61. The molecule has 0 bridgehead atoms. The summed E-state index contributed by atoms with van der Waals surface area (Å²) in [7, 11) is 0. The summed E-state index contributed by atoms with van der Waals surface area (Å²) in [6.07, 6.45) is 3.43. The first-order chi connectivity index (χ1) is 9.84. The third kappa shape index (κ3) is 2.73. The average Bonchev–Trinajstić information content (AvgIpc) is 3.15. The van der Waals surface area contributed by atoms with Crippen molar-refractivity contribution in [3.05, 3.63) is 52.5 Å². The molecule has 0 fully saturated rings. The highest BCUT2D eigenvalue weighted by Crippen LogP contribution is 2.27. The third-order valence-electron chi connectivity index (χ3n) is 2.62. The van der Waals surface area contributed by atoms with E-state index in [1.807, 2.05) is 29.6 Å². The molecule has 0 aliphatic rings. The highest BCUT2D eigenvalue weighted by molar-refractivity contribution is 7.14. The number of nitrogens with zero attached hydrogens (tertiary/aromatic N) is 3. The standard InChI is InChI=1S/C13H10N4OS2/c18-13(15-8-9-3-1-5-14-7-9)12-11(16-17-20-12)10-4-2-6-19-10/h1-7H,8H2,(H,15,18). The Morgan fingerprint density at radius 1 is 1.30 bits per heavy atom. The maximum atomic E-state index is 12.2. The molecule has 0 atom stereocenters. The van der Waals surface area contributed by atoms with Gasteiger partial charge in [0.15, 0.2) is 0 Å². The van der Waals surface area contributed by atoms with Gasteiger partial charge in [-0.2, -0.15) is 0 Å². The first kappa shape index (κ1) is 12.9. The van der Waals surface area contributed by atoms with E-state index in [-0.39, 0.29) is 5.91 Å². The van der Waals surface area contributed by atoms with Crippen LogP contribution in [-0.2, 0) is 6.54 Å². The van der Waals surface area contributed by atoms with Crippen LogP contribution >= 0.6 is 22.9 Å². The Kier molecular flexibility index (Phi) is 3.80. The van der Waals surface area contributed by atoms with Gasteiger partial charge in [-0.25, -0.2) is 0 Å². The van der Waals surface area contributed by atoms with Gasteiger partial charge in [-0.05, 0) is 34.6 Å². The van der Waals surface area contributed by atoms with Gasteiger partial charge in [0, 0.05) is 18.9 Å². The Hall–Kier alpha value is -2.12. The van der Waals surface area contributed by atoms with Gasteiger partial charge in [0.25, 0.3) is 5.91 Å². The summed E-state index contributed by atoms with van der Waals surface area (Å²) in [5, 5.41) is 8.85. The zero-order valence-electron chi connectivity index (χ0n) is 10.3. The maximum Gasteiger partial charge on any atom is 0.265 e. The second-order valence-electron chi connectivity index (χ2n) is 3.97. The van der Waals surface area contributed by atoms with Crippen molar-refractivity contribution in [2.24, 2.45) is 0 Å². The van der Waals surface area contributed by atoms with Crippen LogP contribution in [0.4, 0.5) is 0 Å². The summed E-state index contributed by atoms with van der Waals surface area (Å²) < 4.78 is 3.88. The molecule has 3 aromatic heterocycles. The van der Waals surface area contributed by atoms with E-state index in [0.717, 1.165) is 22.0 Å². The minimum absolute atomic E-state index is 0.160. The fourth-order valence-corrected chi connectivity index (χ4v) is 3.06. The lowest BCUT2D eigenvalue weighted by Gasteiger charge is -2.03. The molecule has 0 saturated carbocycles. The monoisotopic (exact) mass is 302 g/mol. The van der Waals surface area contributed by atoms with E-state index < -0.39 is 0 Å². The van der Waals surface area contributed by atoms with Crippen LogP contribution in [0.3, 0.4) is 0 Å². The Balaban J connectivity index is 1.74. The van der Waals surface area contributed by atoms with E-state index in [9.17, 15) is 4.79 Å². The van der Waals surface area contributed by atoms with Crippen molar-refractivity contribution in [1.29, 1.82) is 0 Å². The van der Waals surface area contributed by atoms with Gasteiger partial charge in [-0.1, -0.05) is 16.6 Å². The summed E-state index contributed by atoms with van der Waals surface area (Å²) in [5.74, 6) is -0.160. The summed E-state index contributed by atoms with van der Waals surface area (Å²) in [4.78, 5) is 17.7. The Bertz CT molecular complexity index is 694. The second kappa shape index (κ2) is 5.89. The van der Waals surface area contributed by atoms with Crippen LogP contribution in [0.15, 0.2) is 42.0 Å². The molecule has 7 heteroatoms. The number of rotatable bonds is 4. The maximum absolute atomic E-state index is 12.2. The van der Waals surface area contributed by atoms with Crippen molar-refractivity contribution in [3.8, 4) is 10.6 Å². The minimum Gasteiger partial charge on any atom is -0.347 e. The van der Waals surface area contributed by atoms with Crippen LogP contribution in [0.2, 0.25) is 0 Å². The van der Waals surface area contributed by atoms with E-state index in [4.69, 9.17) is 0 Å². The SMILES string of the molecule is O=C(NCc1cccnc1)c1snnc1-c1cccs1. The number of carbonyl (C=O) groups is 1. The van der Waals surface area contributed by atoms with Gasteiger partial charge in [0.2, 0.25) is 0 Å². The number of nitrogens with one attached hydrogen (secondary N) is 1. The second-order valence-corrected chi connectivity index (χ2v) is 5.67. The topological polar surface area (TPSA) is 67.8 Å². The van der Waals surface area contributed by atoms with E-state index in [0.29, 0.717) is 17.1 Å². The molecule has 0 saturated heterocycles. The molecule has 3 rings (SSSR count). The lowest BCUT2D eigenvalue weighted by atomic mass is 10.2. The zero-order chi connectivity index (χ0) is 13.8. The average molecular weight is 302 g/mol. The largest absolute Gasteiger partial charge is 0.347 e. The number of thiophene rings is 1. The number of hydrogen-bond donors (Lipinski definition) is 1. The molecule has 0 aromatic carbocycles. The van der Waals surface area contributed by atoms with Gasteiger partial charge < -0.3 is 5.32 Å². The van der Waals surface area contributed by atoms with Crippen LogP contribution in [-0.4, -0.2) is 20.5 Å². The molecule has 3 aromatic rings. The van der Waals surface area contributed by atoms with Crippen molar-refractivity contribution in [1.82, 2.24) is 19.9 Å². The number of pyridine rings is 1. The minimum atomic E-state index is -0.160. The highest BCUT2D eigenvalue weighted by Gasteiger charge is 2.18. The molecule has 0 aliphatic heterocycles. The predicted molar refractivity (Wildman–Crippen MR) is 78.6 cm³/mol. The van der Waals surface area contributed by atoms with Gasteiger partial charge >= 0.3 is 0 Å². The number of carbonyl (C=O) groups excluding carboxylic acids is 1. The van der Waals surface area contributed by atoms with Crippen LogP contribution in [0.25, 0.3) is 10.6 Å². The van der Waals surface area contributed by atoms with Crippen molar-refractivity contribution in [3.63, 3.8) is 0 Å². The van der Waals surface area contributed by atoms with Gasteiger partial charge in [-0.15, -0.1) is 16.4 Å². The first-order valence-electron chi connectivity index (χ1n) is 5.88. The molecule has 0 spiro atoms. The van der Waals surface area contributed by atoms with Crippen LogP contribution in [0, 0.1) is 0 Å². The Morgan fingerprint density at radius 2 is 2.25 bits per heavy atom. The summed E-state index contributed by atoms with van der Waals surface area (Å²) in [5.41, 5.74) is 1.60. The van der Waals surface area contributed by atoms with E-state index >= 15 is 0 Å². The lowest BCUT2D eigenvalue weighted by molar-refractivity contribution is 0.0955. The number of hydrogen-bond acceptors (Lipinski definition) is 6. The predicted octanol–water partition coefficient (Wildman–Crippen LogP) is 2.59. The first-order valence-corrected chi connectivity index (χ1v) is 7.53. The molecule has 5 nitrogen and oxygen atoms in total. The molecule has 20 heavy (non-hydrogen) atoms. The third-order valence-corrected chi connectivity index (χ3v) is 4.23. The molecular weight excluding hydrogens is 292 g/mol. The molecular formula is C13H10N4OS2. The van der Waals surface area contributed by atoms with Gasteiger partial charge in [0.1, 0.15) is 10.6 Å². The Morgan fingerprint density at radius 3 is 3.00 bits per heavy atom. The number of amides is 1. The van der Waals surface area contributed by atoms with E-state index in [1.54, 1.807) is 23.7 Å². The molecule has 1 amide bonds. The molecule has 3 heterocycles. The summed E-state index contributed by atoms with van der Waals surface area (Å²) >= 11 is 2.65. The van der Waals surface area contributed by atoms with Crippen molar-refractivity contribution in [2.45, 2.75) is 6.54 Å². The summed E-state index contributed by atoms with van der Waals surface area (Å²) in [6.45, 7) is 0.439. The van der Waals surface area contributed by atoms with E-state index in [2.05, 4.69) is 19.9 Å².